The van der Waals surface area contributed by atoms with Crippen LogP contribution in [0.2, 0.25) is 0 Å². The Balaban J connectivity index is 1.31. The third-order valence-electron chi connectivity index (χ3n) is 5.35. The molecule has 2 amide bonds. The summed E-state index contributed by atoms with van der Waals surface area (Å²) in [4.78, 5) is 15.0. The molecular formula is C21H25N3O5S2. The molecule has 0 saturated carbocycles. The lowest BCUT2D eigenvalue weighted by molar-refractivity contribution is 0.0731. The average molecular weight is 464 g/mol. The highest BCUT2D eigenvalue weighted by atomic mass is 32.2. The number of nitrogens with zero attached hydrogens (tertiary/aromatic N) is 2. The van der Waals surface area contributed by atoms with Crippen LogP contribution in [0.3, 0.4) is 0 Å². The third-order valence-corrected chi connectivity index (χ3v) is 8.80. The molecule has 1 fully saturated rings. The monoisotopic (exact) mass is 463 g/mol. The third kappa shape index (κ3) is 5.09. The van der Waals surface area contributed by atoms with Crippen molar-refractivity contribution in [2.45, 2.75) is 17.2 Å². The van der Waals surface area contributed by atoms with Gasteiger partial charge in [0, 0.05) is 31.1 Å². The van der Waals surface area contributed by atoms with Crippen molar-refractivity contribution in [2.24, 2.45) is 0 Å². The number of morpholine rings is 1. The zero-order valence-corrected chi connectivity index (χ0v) is 18.6. The van der Waals surface area contributed by atoms with Crippen molar-refractivity contribution in [1.82, 2.24) is 14.5 Å². The van der Waals surface area contributed by atoms with Gasteiger partial charge in [0.15, 0.2) is 0 Å². The normalized spacial score (nSPS) is 17.9. The summed E-state index contributed by atoms with van der Waals surface area (Å²) in [6, 6.07) is 10.2. The lowest BCUT2D eigenvalue weighted by Gasteiger charge is -2.27. The zero-order valence-electron chi connectivity index (χ0n) is 17.0. The maximum Gasteiger partial charge on any atom is 0.317 e. The highest BCUT2D eigenvalue weighted by molar-refractivity contribution is 7.91. The van der Waals surface area contributed by atoms with Crippen LogP contribution in [0.4, 0.5) is 4.79 Å². The predicted octanol–water partition coefficient (Wildman–Crippen LogP) is 2.47. The fourth-order valence-electron chi connectivity index (χ4n) is 3.57. The number of sulfonamides is 1. The molecule has 0 aliphatic carbocycles. The Hall–Kier alpha value is -2.40. The fourth-order valence-corrected chi connectivity index (χ4v) is 6.43. The van der Waals surface area contributed by atoms with Crippen molar-refractivity contribution in [3.05, 3.63) is 52.9 Å². The topological polar surface area (TPSA) is 99.2 Å². The second-order valence-corrected chi connectivity index (χ2v) is 10.7. The van der Waals surface area contributed by atoms with Gasteiger partial charge in [-0.05, 0) is 41.8 Å². The quantitative estimate of drug-likeness (QED) is 0.710. The average Bonchev–Trinajstić information content (AvgIpc) is 3.29. The highest BCUT2D eigenvalue weighted by Crippen LogP contribution is 2.26. The van der Waals surface area contributed by atoms with Gasteiger partial charge in [-0.25, -0.2) is 13.2 Å². The van der Waals surface area contributed by atoms with Gasteiger partial charge in [0.25, 0.3) is 10.0 Å². The predicted molar refractivity (Wildman–Crippen MR) is 118 cm³/mol. The van der Waals surface area contributed by atoms with E-state index in [9.17, 15) is 18.3 Å². The van der Waals surface area contributed by atoms with E-state index in [0.717, 1.165) is 22.4 Å². The maximum atomic E-state index is 12.7. The van der Waals surface area contributed by atoms with Crippen LogP contribution in [0.5, 0.6) is 5.75 Å². The number of rotatable bonds is 5. The molecule has 0 unspecified atom stereocenters. The first-order chi connectivity index (χ1) is 14.9. The first-order valence-electron chi connectivity index (χ1n) is 10.1. The van der Waals surface area contributed by atoms with Crippen LogP contribution < -0.4 is 5.32 Å². The number of carbonyl (C=O) groups excluding carboxylic acids is 1. The number of carbonyl (C=O) groups is 1. The lowest BCUT2D eigenvalue weighted by atomic mass is 9.99. The number of nitrogens with one attached hydrogen (secondary N) is 1. The zero-order chi connectivity index (χ0) is 21.8. The number of phenolic OH excluding ortho intramolecular Hbond substituents is 1. The molecule has 1 aromatic heterocycles. The number of amides is 2. The van der Waals surface area contributed by atoms with E-state index < -0.39 is 10.0 Å². The molecule has 8 nitrogen and oxygen atoms in total. The van der Waals surface area contributed by atoms with E-state index in [0.29, 0.717) is 39.4 Å². The first-order valence-corrected chi connectivity index (χ1v) is 12.4. The molecule has 2 aliphatic rings. The summed E-state index contributed by atoms with van der Waals surface area (Å²) in [7, 11) is -3.51. The van der Waals surface area contributed by atoms with Gasteiger partial charge in [0.1, 0.15) is 9.96 Å². The molecule has 3 heterocycles. The molecule has 0 spiro atoms. The van der Waals surface area contributed by atoms with E-state index >= 15 is 0 Å². The smallest absolute Gasteiger partial charge is 0.317 e. The number of benzene rings is 1. The van der Waals surface area contributed by atoms with E-state index in [-0.39, 0.29) is 22.5 Å². The van der Waals surface area contributed by atoms with Gasteiger partial charge < -0.3 is 20.1 Å². The molecule has 0 atom stereocenters. The minimum Gasteiger partial charge on any atom is -0.508 e. The van der Waals surface area contributed by atoms with Crippen molar-refractivity contribution in [1.29, 1.82) is 0 Å². The van der Waals surface area contributed by atoms with Gasteiger partial charge in [-0.1, -0.05) is 18.2 Å². The Morgan fingerprint density at radius 2 is 1.84 bits per heavy atom. The summed E-state index contributed by atoms with van der Waals surface area (Å²) < 4.78 is 32.4. The largest absolute Gasteiger partial charge is 0.508 e. The second kappa shape index (κ2) is 9.39. The molecule has 0 radical (unpaired) electrons. The Labute approximate surface area is 185 Å². The van der Waals surface area contributed by atoms with Crippen molar-refractivity contribution in [3.8, 4) is 5.75 Å². The summed E-state index contributed by atoms with van der Waals surface area (Å²) in [5.74, 6) is 0.232. The molecular weight excluding hydrogens is 438 g/mol. The van der Waals surface area contributed by atoms with Crippen LogP contribution >= 0.6 is 11.3 Å². The molecule has 2 aromatic rings. The number of ether oxygens (including phenoxy) is 1. The summed E-state index contributed by atoms with van der Waals surface area (Å²) in [5.41, 5.74) is 2.20. The van der Waals surface area contributed by atoms with Crippen molar-refractivity contribution in [3.63, 3.8) is 0 Å². The Bertz CT molecular complexity index is 1060. The number of hydrogen-bond donors (Lipinski definition) is 2. The van der Waals surface area contributed by atoms with Crippen molar-refractivity contribution >= 4 is 33.0 Å². The molecule has 10 heteroatoms. The maximum absolute atomic E-state index is 12.7. The Morgan fingerprint density at radius 1 is 1.10 bits per heavy atom. The van der Waals surface area contributed by atoms with Gasteiger partial charge in [-0.3, -0.25) is 0 Å². The second-order valence-electron chi connectivity index (χ2n) is 7.37. The van der Waals surface area contributed by atoms with Crippen LogP contribution in [-0.2, 0) is 21.3 Å². The number of urea groups is 1. The van der Waals surface area contributed by atoms with Gasteiger partial charge in [-0.15, -0.1) is 11.3 Å². The molecule has 1 saturated heterocycles. The minimum atomic E-state index is -3.51. The van der Waals surface area contributed by atoms with E-state index in [4.69, 9.17) is 4.74 Å². The van der Waals surface area contributed by atoms with Gasteiger partial charge >= 0.3 is 6.03 Å². The van der Waals surface area contributed by atoms with E-state index in [1.54, 1.807) is 29.2 Å². The highest BCUT2D eigenvalue weighted by Gasteiger charge is 2.28. The fraction of sp³-hybridized carbons (Fsp3) is 0.381. The summed E-state index contributed by atoms with van der Waals surface area (Å²) in [6.45, 7) is 2.93. The molecule has 2 N–H and O–H groups in total. The summed E-state index contributed by atoms with van der Waals surface area (Å²) in [5, 5.41) is 12.3. The van der Waals surface area contributed by atoms with Gasteiger partial charge in [-0.2, -0.15) is 4.31 Å². The van der Waals surface area contributed by atoms with E-state index in [1.165, 1.54) is 15.6 Å². The van der Waals surface area contributed by atoms with Crippen LogP contribution in [0.15, 0.2) is 46.7 Å². The number of thiophene rings is 1. The molecule has 31 heavy (non-hydrogen) atoms. The molecule has 166 valence electrons. The molecule has 0 bridgehead atoms. The number of hydrogen-bond acceptors (Lipinski definition) is 6. The van der Waals surface area contributed by atoms with Crippen molar-refractivity contribution in [2.75, 3.05) is 39.4 Å². The number of aromatic hydroxyl groups is 1. The molecule has 4 rings (SSSR count). The summed E-state index contributed by atoms with van der Waals surface area (Å²) >= 11 is 1.18. The number of phenols is 1. The first kappa shape index (κ1) is 21.8. The Kier molecular flexibility index (Phi) is 6.61. The van der Waals surface area contributed by atoms with Gasteiger partial charge in [0.05, 0.1) is 19.8 Å². The molecule has 2 aliphatic heterocycles. The summed E-state index contributed by atoms with van der Waals surface area (Å²) in [6.07, 6.45) is 2.76. The van der Waals surface area contributed by atoms with Gasteiger partial charge in [0.2, 0.25) is 0 Å². The van der Waals surface area contributed by atoms with Crippen LogP contribution in [0, 0.1) is 0 Å². The van der Waals surface area contributed by atoms with Crippen LogP contribution in [0.1, 0.15) is 16.9 Å². The van der Waals surface area contributed by atoms with E-state index in [1.807, 2.05) is 18.2 Å². The molecule has 1 aromatic carbocycles. The van der Waals surface area contributed by atoms with E-state index in [2.05, 4.69) is 5.32 Å². The lowest BCUT2D eigenvalue weighted by Crippen LogP contribution is -2.41. The van der Waals surface area contributed by atoms with Crippen LogP contribution in [0.25, 0.3) is 5.57 Å². The Morgan fingerprint density at radius 3 is 2.52 bits per heavy atom. The van der Waals surface area contributed by atoms with Crippen LogP contribution in [-0.4, -0.2) is 68.2 Å². The van der Waals surface area contributed by atoms with Crippen molar-refractivity contribution < 1.29 is 23.1 Å². The minimum absolute atomic E-state index is 0.174. The SMILES string of the molecule is O=C(NCc1ccc(S(=O)(=O)N2CCOCC2)s1)N1CC=C(c2ccc(O)cc2)CC1. The standard InChI is InChI=1S/C21H25N3O5S2/c25-18-3-1-16(2-4-18)17-7-9-23(10-8-17)21(26)22-15-19-5-6-20(30-19)31(27,28)24-11-13-29-14-12-24/h1-7,25H,8-15H2,(H,22,26).